The maximum Gasteiger partial charge on any atom is 0.309 e. The van der Waals surface area contributed by atoms with Crippen LogP contribution in [0.15, 0.2) is 23.2 Å². The number of hydrogen-bond acceptors (Lipinski definition) is 4. The Morgan fingerprint density at radius 3 is 2.63 bits per heavy atom. The minimum atomic E-state index is -0.0818. The van der Waals surface area contributed by atoms with E-state index in [1.165, 1.54) is 0 Å². The van der Waals surface area contributed by atoms with Crippen molar-refractivity contribution in [1.29, 1.82) is 0 Å². The van der Waals surface area contributed by atoms with Crippen LogP contribution in [0.3, 0.4) is 0 Å². The Kier molecular flexibility index (Phi) is 8.72. The fourth-order valence-corrected chi connectivity index (χ4v) is 3.28. The Balaban J connectivity index is 2.04. The molecule has 1 aromatic carbocycles. The van der Waals surface area contributed by atoms with E-state index in [1.54, 1.807) is 0 Å². The Morgan fingerprint density at radius 1 is 1.26 bits per heavy atom. The van der Waals surface area contributed by atoms with E-state index in [2.05, 4.69) is 17.1 Å². The van der Waals surface area contributed by atoms with E-state index < -0.39 is 0 Å². The van der Waals surface area contributed by atoms with Gasteiger partial charge in [-0.2, -0.15) is 0 Å². The van der Waals surface area contributed by atoms with Gasteiger partial charge in [0, 0.05) is 30.2 Å². The molecule has 1 fully saturated rings. The molecule has 0 aliphatic carbocycles. The van der Waals surface area contributed by atoms with Crippen LogP contribution in [0.4, 0.5) is 0 Å². The average molecular weight is 396 g/mol. The molecule has 0 radical (unpaired) electrons. The molecule has 0 unspecified atom stereocenters. The van der Waals surface area contributed by atoms with Crippen molar-refractivity contribution < 1.29 is 14.3 Å². The third kappa shape index (κ3) is 6.31. The van der Waals surface area contributed by atoms with E-state index in [1.807, 2.05) is 32.0 Å². The number of rotatable bonds is 7. The number of guanidine groups is 1. The minimum absolute atomic E-state index is 0.00935. The summed E-state index contributed by atoms with van der Waals surface area (Å²) in [6.45, 7) is 9.73. The number of ether oxygens (including phenoxy) is 2. The molecule has 1 heterocycles. The highest BCUT2D eigenvalue weighted by atomic mass is 35.5. The predicted molar refractivity (Wildman–Crippen MR) is 108 cm³/mol. The fraction of sp³-hybridized carbons (Fsp3) is 0.600. The maximum atomic E-state index is 11.9. The quantitative estimate of drug-likeness (QED) is 0.435. The maximum absolute atomic E-state index is 11.9. The number of carbonyl (C=O) groups is 1. The summed E-state index contributed by atoms with van der Waals surface area (Å²) in [5, 5.41) is 4.00. The summed E-state index contributed by atoms with van der Waals surface area (Å²) in [4.78, 5) is 18.9. The predicted octanol–water partition coefficient (Wildman–Crippen LogP) is 3.48. The standard InChI is InChI=1S/C20H30ClN3O3/c1-4-22-20(24-11-9-15(10-12-24)19(25)27-6-3)23-14-16-7-8-17(21)13-18(16)26-5-2/h7-8,13,15H,4-6,9-12,14H2,1-3H3,(H,22,23). The molecule has 0 amide bonds. The van der Waals surface area contributed by atoms with Gasteiger partial charge in [0.2, 0.25) is 0 Å². The van der Waals surface area contributed by atoms with Gasteiger partial charge in [0.25, 0.3) is 0 Å². The number of aliphatic imine (C=N–C) groups is 1. The molecule has 6 nitrogen and oxygen atoms in total. The fourth-order valence-electron chi connectivity index (χ4n) is 3.12. The Morgan fingerprint density at radius 2 is 2.00 bits per heavy atom. The van der Waals surface area contributed by atoms with Gasteiger partial charge < -0.3 is 19.7 Å². The Hall–Kier alpha value is -1.95. The molecule has 0 spiro atoms. The van der Waals surface area contributed by atoms with Crippen molar-refractivity contribution in [3.05, 3.63) is 28.8 Å². The second kappa shape index (κ2) is 11.0. The number of carbonyl (C=O) groups excluding carboxylic acids is 1. The van der Waals surface area contributed by atoms with Crippen LogP contribution >= 0.6 is 11.6 Å². The van der Waals surface area contributed by atoms with Gasteiger partial charge in [0.05, 0.1) is 25.7 Å². The van der Waals surface area contributed by atoms with Gasteiger partial charge in [0.1, 0.15) is 5.75 Å². The van der Waals surface area contributed by atoms with Crippen molar-refractivity contribution in [2.24, 2.45) is 10.9 Å². The number of nitrogens with one attached hydrogen (secondary N) is 1. The first-order valence-electron chi connectivity index (χ1n) is 9.70. The molecule has 0 atom stereocenters. The zero-order chi connectivity index (χ0) is 19.6. The molecule has 1 aliphatic rings. The van der Waals surface area contributed by atoms with Gasteiger partial charge in [-0.05, 0) is 45.7 Å². The first kappa shape index (κ1) is 21.4. The van der Waals surface area contributed by atoms with Gasteiger partial charge in [0.15, 0.2) is 5.96 Å². The van der Waals surface area contributed by atoms with Crippen LogP contribution < -0.4 is 10.1 Å². The van der Waals surface area contributed by atoms with Crippen LogP contribution in [0, 0.1) is 5.92 Å². The number of likely N-dealkylation sites (tertiary alicyclic amines) is 1. The van der Waals surface area contributed by atoms with Crippen LogP contribution in [-0.4, -0.2) is 49.7 Å². The Labute approximate surface area is 166 Å². The molecule has 0 aromatic heterocycles. The lowest BCUT2D eigenvalue weighted by Crippen LogP contribution is -2.46. The molecule has 27 heavy (non-hydrogen) atoms. The minimum Gasteiger partial charge on any atom is -0.493 e. The van der Waals surface area contributed by atoms with Gasteiger partial charge in [-0.25, -0.2) is 4.99 Å². The third-order valence-electron chi connectivity index (χ3n) is 4.48. The van der Waals surface area contributed by atoms with Crippen molar-refractivity contribution >= 4 is 23.5 Å². The lowest BCUT2D eigenvalue weighted by atomic mass is 9.97. The zero-order valence-electron chi connectivity index (χ0n) is 16.5. The summed E-state index contributed by atoms with van der Waals surface area (Å²) in [5.41, 5.74) is 0.998. The lowest BCUT2D eigenvalue weighted by molar-refractivity contribution is -0.149. The number of hydrogen-bond donors (Lipinski definition) is 1. The number of esters is 1. The molecule has 150 valence electrons. The Bertz CT molecular complexity index is 643. The van der Waals surface area contributed by atoms with Crippen molar-refractivity contribution in [2.75, 3.05) is 32.8 Å². The van der Waals surface area contributed by atoms with Crippen molar-refractivity contribution in [2.45, 2.75) is 40.2 Å². The lowest BCUT2D eigenvalue weighted by Gasteiger charge is -2.33. The van der Waals surface area contributed by atoms with Gasteiger partial charge in [-0.15, -0.1) is 0 Å². The first-order chi connectivity index (χ1) is 13.1. The summed E-state index contributed by atoms with van der Waals surface area (Å²) in [7, 11) is 0. The van der Waals surface area contributed by atoms with E-state index >= 15 is 0 Å². The van der Waals surface area contributed by atoms with Crippen molar-refractivity contribution in [3.63, 3.8) is 0 Å². The zero-order valence-corrected chi connectivity index (χ0v) is 17.2. The molecular weight excluding hydrogens is 366 g/mol. The summed E-state index contributed by atoms with van der Waals surface area (Å²) in [5.74, 6) is 1.54. The highest BCUT2D eigenvalue weighted by molar-refractivity contribution is 6.30. The second-order valence-corrected chi connectivity index (χ2v) is 6.81. The van der Waals surface area contributed by atoms with Gasteiger partial charge in [-0.1, -0.05) is 17.7 Å². The highest BCUT2D eigenvalue weighted by Crippen LogP contribution is 2.25. The van der Waals surface area contributed by atoms with E-state index in [0.717, 1.165) is 49.7 Å². The molecule has 1 aliphatic heterocycles. The average Bonchev–Trinajstić information content (AvgIpc) is 2.67. The third-order valence-corrected chi connectivity index (χ3v) is 4.71. The summed E-state index contributed by atoms with van der Waals surface area (Å²) < 4.78 is 10.8. The van der Waals surface area contributed by atoms with Crippen molar-refractivity contribution in [1.82, 2.24) is 10.2 Å². The van der Waals surface area contributed by atoms with E-state index in [9.17, 15) is 4.79 Å². The first-order valence-corrected chi connectivity index (χ1v) is 10.1. The number of nitrogens with zero attached hydrogens (tertiary/aromatic N) is 2. The van der Waals surface area contributed by atoms with E-state index in [4.69, 9.17) is 26.1 Å². The van der Waals surface area contributed by atoms with E-state index in [-0.39, 0.29) is 11.9 Å². The molecule has 7 heteroatoms. The van der Waals surface area contributed by atoms with Crippen molar-refractivity contribution in [3.8, 4) is 5.75 Å². The largest absolute Gasteiger partial charge is 0.493 e. The smallest absolute Gasteiger partial charge is 0.309 e. The normalized spacial score (nSPS) is 15.6. The molecule has 1 N–H and O–H groups in total. The summed E-state index contributed by atoms with van der Waals surface area (Å²) in [6.07, 6.45) is 1.57. The van der Waals surface area contributed by atoms with Crippen LogP contribution in [0.25, 0.3) is 0 Å². The number of halogens is 1. The SMILES string of the molecule is CCNC(=NCc1ccc(Cl)cc1OCC)N1CCC(C(=O)OCC)CC1. The molecule has 1 saturated heterocycles. The molecular formula is C20H30ClN3O3. The molecule has 1 aromatic rings. The van der Waals surface area contributed by atoms with Crippen LogP contribution in [0.1, 0.15) is 39.2 Å². The topological polar surface area (TPSA) is 63.2 Å². The van der Waals surface area contributed by atoms with Crippen LogP contribution in [0.5, 0.6) is 5.75 Å². The van der Waals surface area contributed by atoms with Gasteiger partial charge >= 0.3 is 5.97 Å². The molecule has 0 saturated carbocycles. The van der Waals surface area contributed by atoms with Crippen LogP contribution in [0.2, 0.25) is 5.02 Å². The van der Waals surface area contributed by atoms with Crippen LogP contribution in [-0.2, 0) is 16.1 Å². The molecule has 0 bridgehead atoms. The van der Waals surface area contributed by atoms with Gasteiger partial charge in [-0.3, -0.25) is 4.79 Å². The highest BCUT2D eigenvalue weighted by Gasteiger charge is 2.27. The van der Waals surface area contributed by atoms with E-state index in [0.29, 0.717) is 24.8 Å². The number of piperidine rings is 1. The number of benzene rings is 1. The molecule has 2 rings (SSSR count). The summed E-state index contributed by atoms with van der Waals surface area (Å²) in [6, 6.07) is 5.63. The summed E-state index contributed by atoms with van der Waals surface area (Å²) >= 11 is 6.07. The second-order valence-electron chi connectivity index (χ2n) is 6.37. The monoisotopic (exact) mass is 395 g/mol.